The van der Waals surface area contributed by atoms with Gasteiger partial charge < -0.3 is 14.6 Å². The minimum Gasteiger partial charge on any atom is -0.464 e. The summed E-state index contributed by atoms with van der Waals surface area (Å²) >= 11 is 0. The third-order valence-electron chi connectivity index (χ3n) is 10.3. The van der Waals surface area contributed by atoms with Crippen molar-refractivity contribution in [2.24, 2.45) is 14.1 Å². The van der Waals surface area contributed by atoms with Gasteiger partial charge in [-0.15, -0.1) is 0 Å². The van der Waals surface area contributed by atoms with E-state index in [1.54, 1.807) is 39.8 Å². The third kappa shape index (κ3) is 6.19. The number of piperidine rings is 1. The molecule has 13 heteroatoms. The molecule has 54 heavy (non-hydrogen) atoms. The Hall–Kier alpha value is -6.55. The smallest absolute Gasteiger partial charge is 0.328 e. The summed E-state index contributed by atoms with van der Waals surface area (Å²) in [5.41, 5.74) is 8.77. The van der Waals surface area contributed by atoms with E-state index in [2.05, 4.69) is 58.3 Å². The van der Waals surface area contributed by atoms with Crippen molar-refractivity contribution < 1.29 is 18.8 Å². The fraction of sp³-hybridized carbons (Fsp3) is 0.293. The molecule has 2 aromatic carbocycles. The van der Waals surface area contributed by atoms with E-state index in [9.17, 15) is 19.2 Å². The van der Waals surface area contributed by atoms with Crippen molar-refractivity contribution in [3.05, 3.63) is 99.7 Å². The molecular formula is C41H38N8O5. The van der Waals surface area contributed by atoms with Gasteiger partial charge in [0.05, 0.1) is 47.3 Å². The molecule has 1 unspecified atom stereocenters. The summed E-state index contributed by atoms with van der Waals surface area (Å²) in [7, 11) is 3.63. The van der Waals surface area contributed by atoms with Gasteiger partial charge in [-0.2, -0.15) is 0 Å². The molecule has 0 spiro atoms. The predicted octanol–water partition coefficient (Wildman–Crippen LogP) is 4.98. The minimum absolute atomic E-state index is 0.0498. The first-order chi connectivity index (χ1) is 26.1. The first kappa shape index (κ1) is 34.5. The highest BCUT2D eigenvalue weighted by Crippen LogP contribution is 2.37. The first-order valence-electron chi connectivity index (χ1n) is 18.0. The van der Waals surface area contributed by atoms with Gasteiger partial charge in [-0.3, -0.25) is 33.8 Å². The first-order valence-corrected chi connectivity index (χ1v) is 18.0. The monoisotopic (exact) mass is 722 g/mol. The average molecular weight is 723 g/mol. The van der Waals surface area contributed by atoms with Crippen LogP contribution in [0.1, 0.15) is 77.8 Å². The molecule has 4 aromatic heterocycles. The van der Waals surface area contributed by atoms with Crippen molar-refractivity contribution in [1.82, 2.24) is 34.7 Å². The fourth-order valence-corrected chi connectivity index (χ4v) is 7.43. The van der Waals surface area contributed by atoms with Crippen LogP contribution in [0.2, 0.25) is 0 Å². The number of hydrogen-bond acceptors (Lipinski definition) is 9. The van der Waals surface area contributed by atoms with Crippen molar-refractivity contribution in [2.45, 2.75) is 51.4 Å². The Kier molecular flexibility index (Phi) is 8.81. The molecule has 0 radical (unpaired) electrons. The number of imidazole rings is 1. The van der Waals surface area contributed by atoms with Crippen LogP contribution in [0.5, 0.6) is 0 Å². The van der Waals surface area contributed by atoms with E-state index in [4.69, 9.17) is 14.4 Å². The number of amides is 3. The summed E-state index contributed by atoms with van der Waals surface area (Å²) < 4.78 is 9.07. The van der Waals surface area contributed by atoms with Crippen LogP contribution < -0.4 is 21.2 Å². The van der Waals surface area contributed by atoms with Gasteiger partial charge in [-0.25, -0.2) is 14.8 Å². The highest BCUT2D eigenvalue weighted by atomic mass is 16.3. The quantitative estimate of drug-likeness (QED) is 0.179. The van der Waals surface area contributed by atoms with Gasteiger partial charge in [0.2, 0.25) is 11.8 Å². The summed E-state index contributed by atoms with van der Waals surface area (Å²) in [5.74, 6) is 5.36. The van der Waals surface area contributed by atoms with Crippen molar-refractivity contribution in [1.29, 1.82) is 0 Å². The third-order valence-corrected chi connectivity index (χ3v) is 10.3. The molecule has 1 saturated heterocycles. The Morgan fingerprint density at radius 2 is 1.89 bits per heavy atom. The van der Waals surface area contributed by atoms with E-state index in [1.165, 1.54) is 0 Å². The van der Waals surface area contributed by atoms with Crippen LogP contribution in [0.15, 0.2) is 70.3 Å². The molecular weight excluding hydrogens is 685 g/mol. The molecule has 13 nitrogen and oxygen atoms in total. The zero-order valence-electron chi connectivity index (χ0n) is 30.4. The van der Waals surface area contributed by atoms with Crippen molar-refractivity contribution in [3.63, 3.8) is 0 Å². The molecule has 6 heterocycles. The van der Waals surface area contributed by atoms with Gasteiger partial charge >= 0.3 is 5.69 Å². The number of fused-ring (bicyclic) bond motifs is 3. The van der Waals surface area contributed by atoms with Crippen molar-refractivity contribution >= 4 is 51.1 Å². The van der Waals surface area contributed by atoms with Crippen LogP contribution in [-0.2, 0) is 30.1 Å². The molecule has 6 aromatic rings. The average Bonchev–Trinajstić information content (AvgIpc) is 3.69. The normalized spacial score (nSPS) is 15.6. The zero-order valence-corrected chi connectivity index (χ0v) is 30.4. The number of hydrogen-bond donors (Lipinski definition) is 2. The number of carbonyl (C=O) groups is 3. The van der Waals surface area contributed by atoms with Gasteiger partial charge in [0, 0.05) is 61.0 Å². The number of nitrogens with zero attached hydrogens (tertiary/aromatic N) is 6. The number of nitrogens with one attached hydrogen (secondary N) is 2. The maximum absolute atomic E-state index is 12.9. The second-order valence-electron chi connectivity index (χ2n) is 14.1. The Bertz CT molecular complexity index is 2620. The van der Waals surface area contributed by atoms with Crippen LogP contribution in [0, 0.1) is 11.8 Å². The number of carbonyl (C=O) groups excluding carboxylic acids is 3. The SMILES string of the molecule is CC(C)c1cc(N2CCCc3nc(-c4ccc(C(=O)NCC#Cc5ccc6occ(C7CCC(=O)NC7=O)c6c5)nc4)ncc32)cc2c1n(C)c(=O)n2C. The van der Waals surface area contributed by atoms with Crippen molar-refractivity contribution in [3.8, 4) is 23.2 Å². The molecule has 0 aliphatic carbocycles. The van der Waals surface area contributed by atoms with E-state index in [-0.39, 0.29) is 48.0 Å². The second kappa shape index (κ2) is 13.8. The number of pyridine rings is 1. The number of imide groups is 1. The van der Waals surface area contributed by atoms with Gasteiger partial charge in [-0.1, -0.05) is 25.7 Å². The summed E-state index contributed by atoms with van der Waals surface area (Å²) in [6, 6.07) is 13.1. The fourth-order valence-electron chi connectivity index (χ4n) is 7.43. The molecule has 2 aliphatic heterocycles. The number of furan rings is 1. The molecule has 1 atom stereocenters. The lowest BCUT2D eigenvalue weighted by atomic mass is 9.90. The minimum atomic E-state index is -0.464. The van der Waals surface area contributed by atoms with Crippen LogP contribution in [-0.4, -0.2) is 54.9 Å². The number of anilines is 2. The lowest BCUT2D eigenvalue weighted by Crippen LogP contribution is -2.39. The molecule has 3 amide bonds. The molecule has 2 N–H and O–H groups in total. The van der Waals surface area contributed by atoms with E-state index >= 15 is 0 Å². The number of rotatable bonds is 6. The maximum Gasteiger partial charge on any atom is 0.328 e. The zero-order chi connectivity index (χ0) is 37.7. The Balaban J connectivity index is 0.946. The van der Waals surface area contributed by atoms with E-state index < -0.39 is 5.92 Å². The highest BCUT2D eigenvalue weighted by Gasteiger charge is 2.30. The van der Waals surface area contributed by atoms with E-state index in [0.29, 0.717) is 29.0 Å². The molecule has 272 valence electrons. The standard InChI is InChI=1S/C41H38N8O5/c1-23(2)28-18-26(19-33-37(28)48(4)41(53)47(33)3)49-16-6-8-31-34(49)21-44-38(45-31)25-10-12-32(43-20-25)40(52)42-15-5-7-24-9-13-35-29(17-24)30(22-54-35)27-11-14-36(50)46-39(27)51/h9-10,12-13,17-23,27H,6,8,11,14-16H2,1-4H3,(H,42,52)(H,46,50,51). The topological polar surface area (TPSA) is 157 Å². The van der Waals surface area contributed by atoms with E-state index in [1.807, 2.05) is 32.4 Å². The molecule has 1 fully saturated rings. The number of aryl methyl sites for hydroxylation is 3. The van der Waals surface area contributed by atoms with Gasteiger partial charge in [0.25, 0.3) is 5.91 Å². The Morgan fingerprint density at radius 3 is 2.67 bits per heavy atom. The highest BCUT2D eigenvalue weighted by molar-refractivity contribution is 6.02. The van der Waals surface area contributed by atoms with Crippen LogP contribution >= 0.6 is 0 Å². The van der Waals surface area contributed by atoms with E-state index in [0.717, 1.165) is 64.0 Å². The van der Waals surface area contributed by atoms with Gasteiger partial charge in [0.15, 0.2) is 5.82 Å². The summed E-state index contributed by atoms with van der Waals surface area (Å²) in [5, 5.41) is 5.95. The lowest BCUT2D eigenvalue weighted by Gasteiger charge is -2.31. The molecule has 2 aliphatic rings. The Morgan fingerprint density at radius 1 is 1.04 bits per heavy atom. The lowest BCUT2D eigenvalue weighted by molar-refractivity contribution is -0.134. The summed E-state index contributed by atoms with van der Waals surface area (Å²) in [6.45, 7) is 5.19. The Labute approximate surface area is 310 Å². The maximum atomic E-state index is 12.9. The van der Waals surface area contributed by atoms with Gasteiger partial charge in [-0.05, 0) is 73.2 Å². The number of aromatic nitrogens is 5. The summed E-state index contributed by atoms with van der Waals surface area (Å²) in [4.78, 5) is 66.0. The molecule has 0 saturated carbocycles. The second-order valence-corrected chi connectivity index (χ2v) is 14.1. The number of benzene rings is 2. The van der Waals surface area contributed by atoms with Crippen LogP contribution in [0.4, 0.5) is 11.4 Å². The van der Waals surface area contributed by atoms with Crippen LogP contribution in [0.3, 0.4) is 0 Å². The van der Waals surface area contributed by atoms with Crippen molar-refractivity contribution in [2.75, 3.05) is 18.0 Å². The summed E-state index contributed by atoms with van der Waals surface area (Å²) in [6.07, 6.45) is 7.42. The largest absolute Gasteiger partial charge is 0.464 e. The molecule has 8 rings (SSSR count). The van der Waals surface area contributed by atoms with Gasteiger partial charge in [0.1, 0.15) is 11.3 Å². The molecule has 0 bridgehead atoms. The predicted molar refractivity (Wildman–Crippen MR) is 203 cm³/mol. The van der Waals surface area contributed by atoms with Crippen LogP contribution in [0.25, 0.3) is 33.4 Å².